The third-order valence-corrected chi connectivity index (χ3v) is 5.52. The molecule has 0 N–H and O–H groups in total. The first-order valence-corrected chi connectivity index (χ1v) is 7.54. The number of thioether (sulfide) groups is 1. The molecule has 1 aromatic rings. The van der Waals surface area contributed by atoms with Crippen molar-refractivity contribution < 1.29 is 13.6 Å². The molecule has 0 aliphatic rings. The Hall–Kier alpha value is -0.790. The second-order valence-electron chi connectivity index (χ2n) is 3.23. The highest BCUT2D eigenvalue weighted by Gasteiger charge is 2.35. The molecule has 0 spiro atoms. The minimum Gasteiger partial charge on any atom is -0.311 e. The third kappa shape index (κ3) is 3.58. The molecule has 0 amide bonds. The van der Waals surface area contributed by atoms with Gasteiger partial charge in [-0.15, -0.1) is 0 Å². The lowest BCUT2D eigenvalue weighted by Crippen LogP contribution is -2.06. The van der Waals surface area contributed by atoms with Gasteiger partial charge in [0.15, 0.2) is 0 Å². The summed E-state index contributed by atoms with van der Waals surface area (Å²) in [5.41, 5.74) is 0.422. The lowest BCUT2D eigenvalue weighted by atomic mass is 10.2. The van der Waals surface area contributed by atoms with Crippen LogP contribution >= 0.6 is 19.4 Å². The minimum atomic E-state index is -3.21. The van der Waals surface area contributed by atoms with E-state index in [4.69, 9.17) is 14.3 Å². The van der Waals surface area contributed by atoms with Gasteiger partial charge in [0, 0.05) is 20.0 Å². The van der Waals surface area contributed by atoms with Gasteiger partial charge >= 0.3 is 7.60 Å². The maximum absolute atomic E-state index is 12.4. The van der Waals surface area contributed by atoms with Crippen molar-refractivity contribution in [3.63, 3.8) is 0 Å². The molecule has 0 radical (unpaired) electrons. The number of nitriles is 1. The van der Waals surface area contributed by atoms with Crippen molar-refractivity contribution in [3.05, 3.63) is 35.9 Å². The number of hydrogen-bond donors (Lipinski definition) is 0. The molecule has 0 aliphatic carbocycles. The van der Waals surface area contributed by atoms with Crippen LogP contribution in [0.1, 0.15) is 11.2 Å². The van der Waals surface area contributed by atoms with Gasteiger partial charge in [0.05, 0.1) is 5.66 Å². The maximum Gasteiger partial charge on any atom is 0.338 e. The van der Waals surface area contributed by atoms with Crippen molar-refractivity contribution in [2.24, 2.45) is 0 Å². The van der Waals surface area contributed by atoms with Crippen LogP contribution in [-0.4, -0.2) is 20.0 Å². The Bertz CT molecular complexity index is 424. The van der Waals surface area contributed by atoms with E-state index < -0.39 is 13.3 Å². The summed E-state index contributed by atoms with van der Waals surface area (Å²) >= 11 is 1.04. The average molecular weight is 271 g/mol. The molecule has 6 heteroatoms. The summed E-state index contributed by atoms with van der Waals surface area (Å²) in [5, 5.41) is 10.6. The lowest BCUT2D eigenvalue weighted by molar-refractivity contribution is 0.268. The smallest absolute Gasteiger partial charge is 0.311 e. The normalized spacial score (nSPS) is 13.0. The molecule has 0 saturated carbocycles. The largest absolute Gasteiger partial charge is 0.338 e. The number of rotatable bonds is 6. The Morgan fingerprint density at radius 1 is 1.35 bits per heavy atom. The van der Waals surface area contributed by atoms with Crippen LogP contribution in [0.5, 0.6) is 0 Å². The fraction of sp³-hybridized carbons (Fsp3) is 0.364. The molecule has 0 heterocycles. The van der Waals surface area contributed by atoms with E-state index in [1.165, 1.54) is 14.2 Å². The van der Waals surface area contributed by atoms with E-state index in [-0.39, 0.29) is 0 Å². The Labute approximate surface area is 105 Å². The first-order chi connectivity index (χ1) is 8.18. The van der Waals surface area contributed by atoms with Gasteiger partial charge in [-0.25, -0.2) is 0 Å². The first-order valence-electron chi connectivity index (χ1n) is 4.95. The molecule has 0 aromatic heterocycles. The zero-order valence-corrected chi connectivity index (χ0v) is 11.4. The Balaban J connectivity index is 3.04. The van der Waals surface area contributed by atoms with E-state index >= 15 is 0 Å². The molecular formula is C11H14NO3PS. The summed E-state index contributed by atoms with van der Waals surface area (Å²) in [6, 6.07) is 9.30. The molecule has 17 heavy (non-hydrogen) atoms. The van der Waals surface area contributed by atoms with E-state index in [2.05, 4.69) is 0 Å². The van der Waals surface area contributed by atoms with Crippen molar-refractivity contribution >= 4 is 19.4 Å². The van der Waals surface area contributed by atoms with Crippen LogP contribution < -0.4 is 0 Å². The molecule has 0 aliphatic heterocycles. The molecule has 1 aromatic carbocycles. The molecule has 0 saturated heterocycles. The van der Waals surface area contributed by atoms with Crippen molar-refractivity contribution in [2.45, 2.75) is 5.66 Å². The van der Waals surface area contributed by atoms with Crippen molar-refractivity contribution in [1.82, 2.24) is 0 Å². The van der Waals surface area contributed by atoms with E-state index in [9.17, 15) is 4.57 Å². The van der Waals surface area contributed by atoms with Crippen molar-refractivity contribution in [2.75, 3.05) is 20.0 Å². The van der Waals surface area contributed by atoms with Crippen LogP contribution in [-0.2, 0) is 13.6 Å². The Morgan fingerprint density at radius 2 is 1.94 bits per heavy atom. The molecule has 0 fully saturated rings. The topological polar surface area (TPSA) is 59.3 Å². The average Bonchev–Trinajstić information content (AvgIpc) is 2.40. The number of hydrogen-bond acceptors (Lipinski definition) is 5. The van der Waals surface area contributed by atoms with E-state index in [1.54, 1.807) is 0 Å². The van der Waals surface area contributed by atoms with Gasteiger partial charge in [-0.3, -0.25) is 4.57 Å². The molecule has 4 nitrogen and oxygen atoms in total. The van der Waals surface area contributed by atoms with Crippen molar-refractivity contribution in [1.29, 1.82) is 5.26 Å². The highest BCUT2D eigenvalue weighted by atomic mass is 32.2. The summed E-state index contributed by atoms with van der Waals surface area (Å²) in [7, 11) is -0.498. The van der Waals surface area contributed by atoms with Crippen LogP contribution in [0.15, 0.2) is 30.3 Å². The highest BCUT2D eigenvalue weighted by Crippen LogP contribution is 2.60. The number of nitrogens with zero attached hydrogens (tertiary/aromatic N) is 1. The zero-order valence-electron chi connectivity index (χ0n) is 9.70. The number of thiocyanates is 1. The summed E-state index contributed by atoms with van der Waals surface area (Å²) in [6.45, 7) is 0. The van der Waals surface area contributed by atoms with Crippen LogP contribution in [0, 0.1) is 10.7 Å². The van der Waals surface area contributed by atoms with Crippen LogP contribution in [0.2, 0.25) is 0 Å². The van der Waals surface area contributed by atoms with Gasteiger partial charge in [0.1, 0.15) is 5.40 Å². The molecule has 1 rings (SSSR count). The second kappa shape index (κ2) is 6.83. The fourth-order valence-electron chi connectivity index (χ4n) is 1.49. The highest BCUT2D eigenvalue weighted by molar-refractivity contribution is 8.03. The minimum absolute atomic E-state index is 0.374. The summed E-state index contributed by atoms with van der Waals surface area (Å²) in [5.74, 6) is 0.374. The van der Waals surface area contributed by atoms with E-state index in [0.29, 0.717) is 5.75 Å². The van der Waals surface area contributed by atoms with Crippen LogP contribution in [0.25, 0.3) is 0 Å². The standard InChI is InChI=1S/C11H14NO3PS/c1-14-16(13,15-2)11(8-17-9-12)10-6-4-3-5-7-10/h3-7,11H,8H2,1-2H3. The predicted octanol–water partition coefficient (Wildman–Crippen LogP) is 3.43. The Morgan fingerprint density at radius 3 is 2.41 bits per heavy atom. The predicted molar refractivity (Wildman–Crippen MR) is 68.9 cm³/mol. The Kier molecular flexibility index (Phi) is 5.73. The molecular weight excluding hydrogens is 257 g/mol. The molecule has 1 atom stereocenters. The first kappa shape index (κ1) is 14.3. The van der Waals surface area contributed by atoms with Gasteiger partial charge < -0.3 is 9.05 Å². The van der Waals surface area contributed by atoms with Crippen molar-refractivity contribution in [3.8, 4) is 5.40 Å². The summed E-state index contributed by atoms with van der Waals surface area (Å²) < 4.78 is 22.4. The molecule has 0 bridgehead atoms. The summed E-state index contributed by atoms with van der Waals surface area (Å²) in [4.78, 5) is 0. The fourth-order valence-corrected chi connectivity index (χ4v) is 4.06. The second-order valence-corrected chi connectivity index (χ2v) is 6.47. The lowest BCUT2D eigenvalue weighted by Gasteiger charge is -2.23. The third-order valence-electron chi connectivity index (χ3n) is 2.38. The monoisotopic (exact) mass is 271 g/mol. The van der Waals surface area contributed by atoms with E-state index in [1.807, 2.05) is 35.7 Å². The van der Waals surface area contributed by atoms with Gasteiger partial charge in [-0.2, -0.15) is 5.26 Å². The van der Waals surface area contributed by atoms with Gasteiger partial charge in [0.25, 0.3) is 0 Å². The van der Waals surface area contributed by atoms with E-state index in [0.717, 1.165) is 17.3 Å². The SMILES string of the molecule is COP(=O)(OC)C(CSC#N)c1ccccc1. The van der Waals surface area contributed by atoms with Gasteiger partial charge in [-0.1, -0.05) is 30.3 Å². The van der Waals surface area contributed by atoms with Crippen LogP contribution in [0.3, 0.4) is 0 Å². The molecule has 92 valence electrons. The quantitative estimate of drug-likeness (QED) is 0.586. The van der Waals surface area contributed by atoms with Crippen LogP contribution in [0.4, 0.5) is 0 Å². The summed E-state index contributed by atoms with van der Waals surface area (Å²) in [6.07, 6.45) is 0. The van der Waals surface area contributed by atoms with Gasteiger partial charge in [0.2, 0.25) is 0 Å². The number of benzene rings is 1. The van der Waals surface area contributed by atoms with Gasteiger partial charge in [-0.05, 0) is 17.3 Å². The zero-order chi connectivity index (χ0) is 12.7. The molecule has 1 unspecified atom stereocenters. The maximum atomic E-state index is 12.4.